The number of anilines is 1. The van der Waals surface area contributed by atoms with Gasteiger partial charge in [-0.1, -0.05) is 6.07 Å². The monoisotopic (exact) mass is 235 g/mol. The summed E-state index contributed by atoms with van der Waals surface area (Å²) in [4.78, 5) is 23.8. The van der Waals surface area contributed by atoms with E-state index in [-0.39, 0.29) is 18.9 Å². The molecule has 0 atom stereocenters. The molecule has 1 heterocycles. The number of carbonyl (C=O) groups is 2. The van der Waals surface area contributed by atoms with E-state index in [4.69, 9.17) is 9.84 Å². The van der Waals surface area contributed by atoms with Crippen molar-refractivity contribution in [3.05, 3.63) is 23.8 Å². The lowest BCUT2D eigenvalue weighted by Crippen LogP contribution is -2.38. The van der Waals surface area contributed by atoms with Crippen molar-refractivity contribution in [1.29, 1.82) is 0 Å². The van der Waals surface area contributed by atoms with Crippen LogP contribution in [0.15, 0.2) is 18.2 Å². The van der Waals surface area contributed by atoms with Crippen LogP contribution in [-0.4, -0.2) is 30.1 Å². The van der Waals surface area contributed by atoms with Gasteiger partial charge in [-0.05, 0) is 24.6 Å². The number of benzene rings is 1. The van der Waals surface area contributed by atoms with Gasteiger partial charge in [0.1, 0.15) is 5.75 Å². The van der Waals surface area contributed by atoms with Crippen LogP contribution in [0.1, 0.15) is 12.5 Å². The number of ether oxygens (including phenoxy) is 1. The number of rotatable bonds is 3. The molecule has 5 nitrogen and oxygen atoms in total. The Morgan fingerprint density at radius 2 is 2.29 bits per heavy atom. The molecule has 1 aliphatic heterocycles. The van der Waals surface area contributed by atoms with E-state index in [1.54, 1.807) is 23.1 Å². The van der Waals surface area contributed by atoms with E-state index < -0.39 is 5.97 Å². The summed E-state index contributed by atoms with van der Waals surface area (Å²) in [5.41, 5.74) is 1.32. The Morgan fingerprint density at radius 3 is 2.94 bits per heavy atom. The summed E-state index contributed by atoms with van der Waals surface area (Å²) in [5.74, 6) is -0.371. The number of carboxylic acid groups (broad SMARTS) is 1. The van der Waals surface area contributed by atoms with Gasteiger partial charge in [0.2, 0.25) is 0 Å². The Bertz CT molecular complexity index is 470. The zero-order valence-electron chi connectivity index (χ0n) is 9.47. The standard InChI is InChI=1S/C12H13NO4/c1-2-13-9-5-8(6-12(15)16)3-4-10(9)17-7-11(13)14/h3-5H,2,6-7H2,1H3,(H,15,16). The summed E-state index contributed by atoms with van der Waals surface area (Å²) in [6.45, 7) is 2.46. The fourth-order valence-corrected chi connectivity index (χ4v) is 1.88. The summed E-state index contributed by atoms with van der Waals surface area (Å²) in [5, 5.41) is 8.73. The highest BCUT2D eigenvalue weighted by atomic mass is 16.5. The quantitative estimate of drug-likeness (QED) is 0.850. The maximum atomic E-state index is 11.6. The maximum absolute atomic E-state index is 11.6. The molecule has 1 amide bonds. The summed E-state index contributed by atoms with van der Waals surface area (Å²) >= 11 is 0. The number of likely N-dealkylation sites (N-methyl/N-ethyl adjacent to an activating group) is 1. The molecule has 0 fully saturated rings. The van der Waals surface area contributed by atoms with Crippen LogP contribution in [0.4, 0.5) is 5.69 Å². The largest absolute Gasteiger partial charge is 0.482 e. The molecule has 2 rings (SSSR count). The normalized spacial score (nSPS) is 14.2. The van der Waals surface area contributed by atoms with Crippen molar-refractivity contribution in [3.63, 3.8) is 0 Å². The van der Waals surface area contributed by atoms with Crippen molar-refractivity contribution in [1.82, 2.24) is 0 Å². The molecule has 5 heteroatoms. The molecular weight excluding hydrogens is 222 g/mol. The molecule has 90 valence electrons. The number of amides is 1. The number of hydrogen-bond acceptors (Lipinski definition) is 3. The van der Waals surface area contributed by atoms with E-state index in [2.05, 4.69) is 0 Å². The average Bonchev–Trinajstić information content (AvgIpc) is 2.28. The lowest BCUT2D eigenvalue weighted by molar-refractivity contribution is -0.136. The number of fused-ring (bicyclic) bond motifs is 1. The van der Waals surface area contributed by atoms with E-state index in [0.717, 1.165) is 0 Å². The van der Waals surface area contributed by atoms with E-state index in [1.807, 2.05) is 6.92 Å². The van der Waals surface area contributed by atoms with Gasteiger partial charge in [-0.3, -0.25) is 9.59 Å². The fraction of sp³-hybridized carbons (Fsp3) is 0.333. The van der Waals surface area contributed by atoms with Crippen molar-refractivity contribution in [2.24, 2.45) is 0 Å². The number of carbonyl (C=O) groups excluding carboxylic acids is 1. The van der Waals surface area contributed by atoms with E-state index in [1.165, 1.54) is 0 Å². The Hall–Kier alpha value is -2.04. The maximum Gasteiger partial charge on any atom is 0.307 e. The SMILES string of the molecule is CCN1C(=O)COc2ccc(CC(=O)O)cc21. The molecule has 0 unspecified atom stereocenters. The van der Waals surface area contributed by atoms with Gasteiger partial charge in [-0.2, -0.15) is 0 Å². The second-order valence-corrected chi connectivity index (χ2v) is 3.80. The van der Waals surface area contributed by atoms with E-state index >= 15 is 0 Å². The van der Waals surface area contributed by atoms with Crippen molar-refractivity contribution in [2.75, 3.05) is 18.1 Å². The lowest BCUT2D eigenvalue weighted by atomic mass is 10.1. The molecular formula is C12H13NO4. The van der Waals surface area contributed by atoms with Gasteiger partial charge in [0.25, 0.3) is 5.91 Å². The summed E-state index contributed by atoms with van der Waals surface area (Å²) < 4.78 is 5.29. The number of carboxylic acids is 1. The Kier molecular flexibility index (Phi) is 2.99. The van der Waals surface area contributed by atoms with Crippen molar-refractivity contribution >= 4 is 17.6 Å². The highest BCUT2D eigenvalue weighted by Crippen LogP contribution is 2.32. The first-order chi connectivity index (χ1) is 8.11. The Labute approximate surface area is 98.6 Å². The topological polar surface area (TPSA) is 66.8 Å². The summed E-state index contributed by atoms with van der Waals surface area (Å²) in [7, 11) is 0. The zero-order chi connectivity index (χ0) is 12.4. The van der Waals surface area contributed by atoms with Gasteiger partial charge in [0.05, 0.1) is 12.1 Å². The predicted octanol–water partition coefficient (Wildman–Crippen LogP) is 1.06. The minimum absolute atomic E-state index is 0.0408. The predicted molar refractivity (Wildman–Crippen MR) is 61.3 cm³/mol. The van der Waals surface area contributed by atoms with E-state index in [0.29, 0.717) is 23.5 Å². The van der Waals surface area contributed by atoms with Crippen LogP contribution in [0.25, 0.3) is 0 Å². The van der Waals surface area contributed by atoms with Crippen LogP contribution in [0.3, 0.4) is 0 Å². The first kappa shape index (κ1) is 11.4. The molecule has 1 aliphatic rings. The molecule has 0 saturated carbocycles. The summed E-state index contributed by atoms with van der Waals surface area (Å²) in [6.07, 6.45) is -0.0565. The van der Waals surface area contributed by atoms with Gasteiger partial charge in [-0.25, -0.2) is 0 Å². The van der Waals surface area contributed by atoms with Gasteiger partial charge in [-0.15, -0.1) is 0 Å². The molecule has 0 aromatic heterocycles. The van der Waals surface area contributed by atoms with Crippen LogP contribution < -0.4 is 9.64 Å². The van der Waals surface area contributed by atoms with Gasteiger partial charge in [0, 0.05) is 6.54 Å². The van der Waals surface area contributed by atoms with Crippen LogP contribution >= 0.6 is 0 Å². The summed E-state index contributed by atoms with van der Waals surface area (Å²) in [6, 6.07) is 5.11. The third-order valence-corrected chi connectivity index (χ3v) is 2.64. The van der Waals surface area contributed by atoms with Crippen LogP contribution in [0, 0.1) is 0 Å². The number of aliphatic carboxylic acids is 1. The fourth-order valence-electron chi connectivity index (χ4n) is 1.88. The molecule has 1 N–H and O–H groups in total. The van der Waals surface area contributed by atoms with Gasteiger partial charge >= 0.3 is 5.97 Å². The molecule has 0 bridgehead atoms. The minimum Gasteiger partial charge on any atom is -0.482 e. The van der Waals surface area contributed by atoms with Crippen LogP contribution in [0.2, 0.25) is 0 Å². The third-order valence-electron chi connectivity index (χ3n) is 2.64. The van der Waals surface area contributed by atoms with E-state index in [9.17, 15) is 9.59 Å². The molecule has 1 aromatic rings. The van der Waals surface area contributed by atoms with Gasteiger partial charge in [0.15, 0.2) is 6.61 Å². The number of hydrogen-bond donors (Lipinski definition) is 1. The molecule has 0 aliphatic carbocycles. The zero-order valence-corrected chi connectivity index (χ0v) is 9.47. The first-order valence-corrected chi connectivity index (χ1v) is 5.39. The first-order valence-electron chi connectivity index (χ1n) is 5.39. The molecule has 0 saturated heterocycles. The van der Waals surface area contributed by atoms with Crippen molar-refractivity contribution in [2.45, 2.75) is 13.3 Å². The Balaban J connectivity index is 2.38. The molecule has 1 aromatic carbocycles. The minimum atomic E-state index is -0.893. The Morgan fingerprint density at radius 1 is 1.53 bits per heavy atom. The van der Waals surface area contributed by atoms with Crippen LogP contribution in [0.5, 0.6) is 5.75 Å². The highest BCUT2D eigenvalue weighted by Gasteiger charge is 2.24. The highest BCUT2D eigenvalue weighted by molar-refractivity contribution is 5.97. The third kappa shape index (κ3) is 2.22. The number of nitrogens with zero attached hydrogens (tertiary/aromatic N) is 1. The molecule has 0 radical (unpaired) electrons. The average molecular weight is 235 g/mol. The molecule has 17 heavy (non-hydrogen) atoms. The lowest BCUT2D eigenvalue weighted by Gasteiger charge is -2.28. The molecule has 0 spiro atoms. The van der Waals surface area contributed by atoms with Crippen LogP contribution in [-0.2, 0) is 16.0 Å². The second-order valence-electron chi connectivity index (χ2n) is 3.80. The smallest absolute Gasteiger partial charge is 0.307 e. The second kappa shape index (κ2) is 4.45. The van der Waals surface area contributed by atoms with Gasteiger partial charge < -0.3 is 14.7 Å². The van der Waals surface area contributed by atoms with Crippen molar-refractivity contribution < 1.29 is 19.4 Å². The van der Waals surface area contributed by atoms with Crippen molar-refractivity contribution in [3.8, 4) is 5.75 Å².